The summed E-state index contributed by atoms with van der Waals surface area (Å²) < 4.78 is 0. The molecular weight excluding hydrogens is 382 g/mol. The maximum Gasteiger partial charge on any atom is 0.237 e. The Bertz CT molecular complexity index is 1310. The van der Waals surface area contributed by atoms with Gasteiger partial charge in [-0.2, -0.15) is 0 Å². The molecule has 2 aromatic heterocycles. The minimum absolute atomic E-state index is 0.0658. The number of carbonyl (C=O) groups excluding carboxylic acids is 1. The number of hydrogen-bond acceptors (Lipinski definition) is 3. The minimum atomic E-state index is -0.526. The number of nitrogens with one attached hydrogen (secondary N) is 1. The molecule has 1 N–H and O–H groups in total. The monoisotopic (exact) mass is 405 g/mol. The van der Waals surface area contributed by atoms with Crippen molar-refractivity contribution < 1.29 is 4.79 Å². The van der Waals surface area contributed by atoms with Crippen molar-refractivity contribution in [2.24, 2.45) is 0 Å². The van der Waals surface area contributed by atoms with Gasteiger partial charge in [0.05, 0.1) is 10.9 Å². The lowest BCUT2D eigenvalue weighted by Crippen LogP contribution is -2.35. The average molecular weight is 406 g/mol. The molecule has 152 valence electrons. The molecule has 2 aromatic carbocycles. The first-order valence-corrected chi connectivity index (χ1v) is 10.9. The van der Waals surface area contributed by atoms with E-state index in [2.05, 4.69) is 64.9 Å². The number of benzene rings is 2. The van der Waals surface area contributed by atoms with Crippen LogP contribution >= 0.6 is 0 Å². The summed E-state index contributed by atoms with van der Waals surface area (Å²) >= 11 is 0. The van der Waals surface area contributed by atoms with Crippen molar-refractivity contribution in [3.05, 3.63) is 101 Å². The number of fused-ring (bicyclic) bond motifs is 4. The van der Waals surface area contributed by atoms with Crippen LogP contribution in [0.4, 0.5) is 5.82 Å². The molecular formula is C27H23N3O. The molecule has 3 heterocycles. The standard InChI is InChI=1S/C27H23N3O/c31-26-27(23-10-5-13-28-25(23)30-26)16-20-14-19-11-12-22(29-24(19)15-21(20)17-27)9-4-8-18-6-2-1-3-7-18/h1-3,5-7,10-15H,4,8-9,16-17H2,(H,28,30,31). The first-order valence-electron chi connectivity index (χ1n) is 10.9. The Hall–Kier alpha value is -3.53. The van der Waals surface area contributed by atoms with E-state index in [9.17, 15) is 4.79 Å². The van der Waals surface area contributed by atoms with Crippen LogP contribution in [0.25, 0.3) is 10.9 Å². The maximum atomic E-state index is 12.9. The van der Waals surface area contributed by atoms with E-state index in [0.717, 1.165) is 47.8 Å². The molecule has 1 aliphatic carbocycles. The predicted octanol–water partition coefficient (Wildman–Crippen LogP) is 4.79. The molecule has 0 bridgehead atoms. The van der Waals surface area contributed by atoms with E-state index in [1.807, 2.05) is 12.1 Å². The smallest absolute Gasteiger partial charge is 0.237 e. The number of hydrogen-bond donors (Lipinski definition) is 1. The van der Waals surface area contributed by atoms with Gasteiger partial charge in [0.15, 0.2) is 0 Å². The van der Waals surface area contributed by atoms with Gasteiger partial charge in [-0.05, 0) is 73.1 Å². The lowest BCUT2D eigenvalue weighted by molar-refractivity contribution is -0.120. The lowest BCUT2D eigenvalue weighted by atomic mass is 9.79. The number of nitrogens with zero attached hydrogens (tertiary/aromatic N) is 2. The zero-order valence-electron chi connectivity index (χ0n) is 17.3. The fourth-order valence-corrected chi connectivity index (χ4v) is 5.19. The first-order chi connectivity index (χ1) is 15.2. The fourth-order valence-electron chi connectivity index (χ4n) is 5.19. The van der Waals surface area contributed by atoms with Gasteiger partial charge in [-0.3, -0.25) is 9.78 Å². The summed E-state index contributed by atoms with van der Waals surface area (Å²) in [6, 6.07) is 23.3. The Morgan fingerprint density at radius 1 is 0.903 bits per heavy atom. The highest BCUT2D eigenvalue weighted by atomic mass is 16.2. The number of anilines is 1. The van der Waals surface area contributed by atoms with E-state index in [-0.39, 0.29) is 5.91 Å². The lowest BCUT2D eigenvalue weighted by Gasteiger charge is -2.20. The quantitative estimate of drug-likeness (QED) is 0.531. The molecule has 1 unspecified atom stereocenters. The summed E-state index contributed by atoms with van der Waals surface area (Å²) in [4.78, 5) is 22.3. The van der Waals surface area contributed by atoms with Crippen molar-refractivity contribution in [2.45, 2.75) is 37.5 Å². The van der Waals surface area contributed by atoms with Gasteiger partial charge in [0.2, 0.25) is 5.91 Å². The third kappa shape index (κ3) is 3.02. The second-order valence-corrected chi connectivity index (χ2v) is 8.74. The molecule has 1 atom stereocenters. The molecule has 1 aliphatic heterocycles. The van der Waals surface area contributed by atoms with Crippen LogP contribution in [-0.4, -0.2) is 15.9 Å². The summed E-state index contributed by atoms with van der Waals surface area (Å²) in [6.45, 7) is 0. The molecule has 0 saturated heterocycles. The predicted molar refractivity (Wildman–Crippen MR) is 122 cm³/mol. The molecule has 4 heteroatoms. The minimum Gasteiger partial charge on any atom is -0.310 e. The zero-order chi connectivity index (χ0) is 20.8. The Morgan fingerprint density at radius 2 is 1.74 bits per heavy atom. The average Bonchev–Trinajstić information content (AvgIpc) is 3.30. The number of rotatable bonds is 4. The number of carbonyl (C=O) groups is 1. The van der Waals surface area contributed by atoms with Crippen LogP contribution in [0.3, 0.4) is 0 Å². The third-order valence-electron chi connectivity index (χ3n) is 6.78. The van der Waals surface area contributed by atoms with Crippen molar-refractivity contribution in [1.29, 1.82) is 0 Å². The number of pyridine rings is 2. The van der Waals surface area contributed by atoms with Gasteiger partial charge in [0, 0.05) is 22.8 Å². The topological polar surface area (TPSA) is 54.9 Å². The van der Waals surface area contributed by atoms with Crippen molar-refractivity contribution in [3.8, 4) is 0 Å². The van der Waals surface area contributed by atoms with E-state index in [0.29, 0.717) is 12.2 Å². The number of amides is 1. The van der Waals surface area contributed by atoms with Gasteiger partial charge in [0.25, 0.3) is 0 Å². The van der Waals surface area contributed by atoms with Crippen molar-refractivity contribution in [3.63, 3.8) is 0 Å². The van der Waals surface area contributed by atoms with Crippen molar-refractivity contribution in [1.82, 2.24) is 9.97 Å². The van der Waals surface area contributed by atoms with Gasteiger partial charge >= 0.3 is 0 Å². The van der Waals surface area contributed by atoms with Crippen LogP contribution < -0.4 is 5.32 Å². The van der Waals surface area contributed by atoms with E-state index in [1.54, 1.807) is 6.20 Å². The van der Waals surface area contributed by atoms with E-state index in [1.165, 1.54) is 16.7 Å². The van der Waals surface area contributed by atoms with Crippen LogP contribution in [0.5, 0.6) is 0 Å². The van der Waals surface area contributed by atoms with Crippen LogP contribution in [0.2, 0.25) is 0 Å². The largest absolute Gasteiger partial charge is 0.310 e. The van der Waals surface area contributed by atoms with E-state index in [4.69, 9.17) is 4.98 Å². The highest BCUT2D eigenvalue weighted by molar-refractivity contribution is 6.06. The third-order valence-corrected chi connectivity index (χ3v) is 6.78. The first kappa shape index (κ1) is 18.3. The Kier molecular flexibility index (Phi) is 4.13. The van der Waals surface area contributed by atoms with Gasteiger partial charge in [-0.1, -0.05) is 42.5 Å². The molecule has 1 spiro atoms. The molecule has 0 saturated carbocycles. The Morgan fingerprint density at radius 3 is 2.61 bits per heavy atom. The van der Waals surface area contributed by atoms with Crippen molar-refractivity contribution >= 4 is 22.6 Å². The van der Waals surface area contributed by atoms with Crippen LogP contribution in [-0.2, 0) is 35.9 Å². The maximum absolute atomic E-state index is 12.9. The molecule has 0 radical (unpaired) electrons. The van der Waals surface area contributed by atoms with Gasteiger partial charge < -0.3 is 5.32 Å². The summed E-state index contributed by atoms with van der Waals surface area (Å²) in [5.74, 6) is 0.778. The summed E-state index contributed by atoms with van der Waals surface area (Å²) in [6.07, 6.45) is 6.28. The molecule has 1 amide bonds. The van der Waals surface area contributed by atoms with E-state index < -0.39 is 5.41 Å². The van der Waals surface area contributed by atoms with Gasteiger partial charge in [-0.15, -0.1) is 0 Å². The molecule has 4 aromatic rings. The van der Waals surface area contributed by atoms with Crippen LogP contribution in [0, 0.1) is 0 Å². The Labute approximate surface area is 181 Å². The molecule has 31 heavy (non-hydrogen) atoms. The van der Waals surface area contributed by atoms with Crippen LogP contribution in [0.15, 0.2) is 72.9 Å². The normalized spacial score (nSPS) is 18.9. The highest BCUT2D eigenvalue weighted by Crippen LogP contribution is 2.47. The van der Waals surface area contributed by atoms with E-state index >= 15 is 0 Å². The fraction of sp³-hybridized carbons (Fsp3) is 0.222. The molecule has 2 aliphatic rings. The zero-order valence-corrected chi connectivity index (χ0v) is 17.3. The SMILES string of the molecule is O=C1Nc2ncccc2C12Cc1cc3ccc(CCCc4ccccc4)nc3cc1C2. The summed E-state index contributed by atoms with van der Waals surface area (Å²) in [5.41, 5.74) is 6.50. The molecule has 0 fully saturated rings. The molecule has 4 nitrogen and oxygen atoms in total. The van der Waals surface area contributed by atoms with Gasteiger partial charge in [0.1, 0.15) is 5.82 Å². The Balaban J connectivity index is 1.27. The second-order valence-electron chi connectivity index (χ2n) is 8.74. The highest BCUT2D eigenvalue weighted by Gasteiger charge is 2.51. The second kappa shape index (κ2) is 7.02. The van der Waals surface area contributed by atoms with Gasteiger partial charge in [-0.25, -0.2) is 4.98 Å². The number of aryl methyl sites for hydroxylation is 2. The number of aromatic nitrogens is 2. The molecule has 6 rings (SSSR count). The van der Waals surface area contributed by atoms with Crippen LogP contribution in [0.1, 0.15) is 34.4 Å². The summed E-state index contributed by atoms with van der Waals surface area (Å²) in [7, 11) is 0. The van der Waals surface area contributed by atoms with Crippen molar-refractivity contribution in [2.75, 3.05) is 5.32 Å². The summed E-state index contributed by atoms with van der Waals surface area (Å²) in [5, 5.41) is 4.13.